The molecule has 1 aromatic carbocycles. The molecule has 1 atom stereocenters. The summed E-state index contributed by atoms with van der Waals surface area (Å²) >= 11 is -2.06. The Morgan fingerprint density at radius 2 is 2.18 bits per heavy atom. The van der Waals surface area contributed by atoms with Crippen molar-refractivity contribution in [1.29, 1.82) is 0 Å². The van der Waals surface area contributed by atoms with Gasteiger partial charge in [-0.1, -0.05) is 18.2 Å². The van der Waals surface area contributed by atoms with Crippen LogP contribution < -0.4 is 5.46 Å². The molecule has 0 bridgehead atoms. The zero-order chi connectivity index (χ0) is 12.4. The molecular weight excluding hydrogens is 241 g/mol. The van der Waals surface area contributed by atoms with Gasteiger partial charge in [-0.3, -0.25) is 9.11 Å². The number of fused-ring (bicyclic) bond motifs is 1. The second-order valence-corrected chi connectivity index (χ2v) is 5.00. The molecule has 17 heavy (non-hydrogen) atoms. The molecule has 0 spiro atoms. The fourth-order valence-corrected chi connectivity index (χ4v) is 2.57. The van der Waals surface area contributed by atoms with Gasteiger partial charge in [-0.15, -0.1) is 0 Å². The minimum Gasteiger partial charge on any atom is -0.771 e. The Morgan fingerprint density at radius 3 is 2.82 bits per heavy atom. The van der Waals surface area contributed by atoms with Crippen LogP contribution in [0.5, 0.6) is 0 Å². The van der Waals surface area contributed by atoms with Crippen molar-refractivity contribution in [2.45, 2.75) is 13.0 Å². The van der Waals surface area contributed by atoms with Gasteiger partial charge in [0.25, 0.3) is 0 Å². The highest BCUT2D eigenvalue weighted by molar-refractivity contribution is 7.79. The highest BCUT2D eigenvalue weighted by atomic mass is 32.2. The Morgan fingerprint density at radius 1 is 1.41 bits per heavy atom. The summed E-state index contributed by atoms with van der Waals surface area (Å²) in [7, 11) is -1.45. The van der Waals surface area contributed by atoms with Crippen LogP contribution in [0.1, 0.15) is 11.1 Å². The van der Waals surface area contributed by atoms with Gasteiger partial charge in [0.15, 0.2) is 0 Å². The van der Waals surface area contributed by atoms with Gasteiger partial charge < -0.3 is 14.6 Å². The summed E-state index contributed by atoms with van der Waals surface area (Å²) < 4.78 is 21.2. The highest BCUT2D eigenvalue weighted by Gasteiger charge is 2.19. The smallest absolute Gasteiger partial charge is 0.488 e. The molecule has 92 valence electrons. The van der Waals surface area contributed by atoms with E-state index < -0.39 is 18.2 Å². The number of rotatable bonds is 3. The Kier molecular flexibility index (Phi) is 3.95. The van der Waals surface area contributed by atoms with Crippen molar-refractivity contribution in [3.63, 3.8) is 0 Å². The number of hydrogen-bond donors (Lipinski definition) is 2. The maximum absolute atomic E-state index is 10.6. The molecule has 1 aliphatic rings. The van der Waals surface area contributed by atoms with Crippen LogP contribution in [0.3, 0.4) is 0 Å². The Hall–Kier alpha value is -0.725. The van der Waals surface area contributed by atoms with Crippen molar-refractivity contribution in [3.05, 3.63) is 29.3 Å². The topological polar surface area (TPSA) is 83.8 Å². The molecule has 2 N–H and O–H groups in total. The summed E-state index contributed by atoms with van der Waals surface area (Å²) in [5, 5.41) is 18.1. The molecule has 1 heterocycles. The van der Waals surface area contributed by atoms with Crippen molar-refractivity contribution < 1.29 is 18.8 Å². The molecule has 1 aromatic rings. The van der Waals surface area contributed by atoms with E-state index in [0.717, 1.165) is 17.5 Å². The molecule has 0 aliphatic carbocycles. The van der Waals surface area contributed by atoms with Crippen LogP contribution in [0, 0.1) is 0 Å². The van der Waals surface area contributed by atoms with E-state index in [2.05, 4.69) is 0 Å². The summed E-state index contributed by atoms with van der Waals surface area (Å²) in [6.45, 7) is 1.26. The Bertz CT molecular complexity index is 440. The fourth-order valence-electron chi connectivity index (χ4n) is 2.05. The molecule has 0 aromatic heterocycles. The standard InChI is InChI=1S/C10H14BNO4S/c13-11(14)10-2-1-9-6-12(7-17(15)16)4-3-8(9)5-10/h1-2,5,13-14H,3-4,6-7H2,(H,15,16)/p-1. The van der Waals surface area contributed by atoms with Crippen molar-refractivity contribution in [2.24, 2.45) is 0 Å². The van der Waals surface area contributed by atoms with E-state index in [1.54, 1.807) is 12.1 Å². The second kappa shape index (κ2) is 5.28. The zero-order valence-electron chi connectivity index (χ0n) is 9.20. The van der Waals surface area contributed by atoms with Gasteiger partial charge in [0.05, 0.1) is 5.88 Å². The highest BCUT2D eigenvalue weighted by Crippen LogP contribution is 2.17. The van der Waals surface area contributed by atoms with Gasteiger partial charge in [0, 0.05) is 13.1 Å². The molecule has 0 fully saturated rings. The average Bonchev–Trinajstić information content (AvgIpc) is 2.27. The summed E-state index contributed by atoms with van der Waals surface area (Å²) in [6, 6.07) is 5.25. The third-order valence-corrected chi connectivity index (χ3v) is 3.48. The SMILES string of the molecule is O=S([O-])CN1CCc2cc(B(O)O)ccc2C1. The van der Waals surface area contributed by atoms with Crippen LogP contribution in [0.4, 0.5) is 0 Å². The summed E-state index contributed by atoms with van der Waals surface area (Å²) in [5.74, 6) is 0.0455. The quantitative estimate of drug-likeness (QED) is 0.510. The van der Waals surface area contributed by atoms with Gasteiger partial charge >= 0.3 is 7.12 Å². The summed E-state index contributed by atoms with van der Waals surface area (Å²) in [4.78, 5) is 1.85. The molecule has 1 unspecified atom stereocenters. The Labute approximate surface area is 103 Å². The average molecular weight is 254 g/mol. The molecule has 0 radical (unpaired) electrons. The third-order valence-electron chi connectivity index (χ3n) is 2.91. The van der Waals surface area contributed by atoms with E-state index in [1.165, 1.54) is 0 Å². The molecule has 0 amide bonds. The molecule has 0 saturated carbocycles. The predicted octanol–water partition coefficient (Wildman–Crippen LogP) is -1.44. The zero-order valence-corrected chi connectivity index (χ0v) is 10.0. The van der Waals surface area contributed by atoms with E-state index in [1.807, 2.05) is 11.0 Å². The van der Waals surface area contributed by atoms with Crippen LogP contribution in [0.2, 0.25) is 0 Å². The maximum atomic E-state index is 10.6. The van der Waals surface area contributed by atoms with Crippen LogP contribution in [0.15, 0.2) is 18.2 Å². The van der Waals surface area contributed by atoms with Gasteiger partial charge in [0.1, 0.15) is 0 Å². The van der Waals surface area contributed by atoms with Crippen LogP contribution in [-0.4, -0.2) is 43.2 Å². The van der Waals surface area contributed by atoms with Crippen molar-refractivity contribution >= 4 is 23.7 Å². The van der Waals surface area contributed by atoms with Crippen molar-refractivity contribution in [3.8, 4) is 0 Å². The molecule has 0 saturated heterocycles. The minimum absolute atomic E-state index is 0.0455. The number of hydrogen-bond acceptors (Lipinski definition) is 5. The fraction of sp³-hybridized carbons (Fsp3) is 0.400. The molecule has 1 aliphatic heterocycles. The normalized spacial score (nSPS) is 17.6. The van der Waals surface area contributed by atoms with Gasteiger partial charge in [-0.2, -0.15) is 0 Å². The van der Waals surface area contributed by atoms with Crippen LogP contribution in [-0.2, 0) is 24.0 Å². The lowest BCUT2D eigenvalue weighted by molar-refractivity contribution is 0.290. The van der Waals surface area contributed by atoms with Gasteiger partial charge in [-0.05, 0) is 34.1 Å². The van der Waals surface area contributed by atoms with Crippen LogP contribution >= 0.6 is 0 Å². The summed E-state index contributed by atoms with van der Waals surface area (Å²) in [5.41, 5.74) is 2.58. The number of nitrogens with zero attached hydrogens (tertiary/aromatic N) is 1. The first-order valence-electron chi connectivity index (χ1n) is 5.32. The van der Waals surface area contributed by atoms with Crippen molar-refractivity contribution in [2.75, 3.05) is 12.4 Å². The maximum Gasteiger partial charge on any atom is 0.488 e. The van der Waals surface area contributed by atoms with Crippen LogP contribution in [0.25, 0.3) is 0 Å². The van der Waals surface area contributed by atoms with Gasteiger partial charge in [0.2, 0.25) is 0 Å². The van der Waals surface area contributed by atoms with E-state index >= 15 is 0 Å². The number of benzene rings is 1. The first kappa shape index (κ1) is 12.7. The monoisotopic (exact) mass is 254 g/mol. The molecule has 2 rings (SSSR count). The molecule has 7 heteroatoms. The molecule has 5 nitrogen and oxygen atoms in total. The first-order valence-corrected chi connectivity index (χ1v) is 6.56. The largest absolute Gasteiger partial charge is 0.771 e. The van der Waals surface area contributed by atoms with E-state index in [-0.39, 0.29) is 5.88 Å². The lowest BCUT2D eigenvalue weighted by Gasteiger charge is -2.29. The second-order valence-electron chi connectivity index (χ2n) is 4.14. The predicted molar refractivity (Wildman–Crippen MR) is 64.2 cm³/mol. The van der Waals surface area contributed by atoms with E-state index in [4.69, 9.17) is 10.0 Å². The minimum atomic E-state index is -2.06. The Balaban J connectivity index is 2.14. The van der Waals surface area contributed by atoms with E-state index in [9.17, 15) is 8.76 Å². The lowest BCUT2D eigenvalue weighted by Crippen LogP contribution is -2.35. The van der Waals surface area contributed by atoms with Gasteiger partial charge in [-0.25, -0.2) is 0 Å². The molecular formula is C10H13BNO4S-. The summed E-state index contributed by atoms with van der Waals surface area (Å²) in [6.07, 6.45) is 0.729. The third kappa shape index (κ3) is 3.14. The first-order chi connectivity index (χ1) is 8.06. The van der Waals surface area contributed by atoms with Crippen molar-refractivity contribution in [1.82, 2.24) is 4.90 Å². The van der Waals surface area contributed by atoms with E-state index in [0.29, 0.717) is 18.6 Å². The lowest BCUT2D eigenvalue weighted by atomic mass is 9.78.